The Hall–Kier alpha value is -0.610. The topological polar surface area (TPSA) is 24.4 Å². The first-order chi connectivity index (χ1) is 9.40. The highest BCUT2D eigenvalue weighted by molar-refractivity contribution is 8.14. The van der Waals surface area contributed by atoms with Crippen molar-refractivity contribution in [3.63, 3.8) is 0 Å². The lowest BCUT2D eigenvalue weighted by molar-refractivity contribution is 0.569. The minimum Gasteiger partial charge on any atom is -0.362 e. The molecule has 0 spiro atoms. The maximum Gasteiger partial charge on any atom is 0.157 e. The van der Waals surface area contributed by atoms with E-state index < -0.39 is 0 Å². The van der Waals surface area contributed by atoms with Gasteiger partial charge in [0.2, 0.25) is 0 Å². The summed E-state index contributed by atoms with van der Waals surface area (Å²) < 4.78 is 0. The Labute approximate surface area is 123 Å². The van der Waals surface area contributed by atoms with Crippen LogP contribution in [0, 0.1) is 0 Å². The third-order valence-electron chi connectivity index (χ3n) is 3.58. The summed E-state index contributed by atoms with van der Waals surface area (Å²) in [6.45, 7) is 0. The van der Waals surface area contributed by atoms with Crippen LogP contribution in [0.15, 0.2) is 35.3 Å². The normalized spacial score (nSPS) is 24.2. The molecule has 2 nitrogen and oxygen atoms in total. The summed E-state index contributed by atoms with van der Waals surface area (Å²) in [6.07, 6.45) is 3.64. The highest BCUT2D eigenvalue weighted by atomic mass is 32.2. The van der Waals surface area contributed by atoms with Gasteiger partial charge < -0.3 is 5.32 Å². The number of nitrogens with one attached hydrogen (secondary N) is 1. The fourth-order valence-electron chi connectivity index (χ4n) is 2.50. The van der Waals surface area contributed by atoms with E-state index in [-0.39, 0.29) is 0 Å². The standard InChI is InChI=1S/C15H20N2S2/c1-2-4-12(5-3-1)10-14-11-19-15(17-14)16-13-6-8-18-9-7-13/h1-5,13-14H,6-11H2,(H,16,17). The van der Waals surface area contributed by atoms with Crippen LogP contribution in [0.5, 0.6) is 0 Å². The second kappa shape index (κ2) is 6.71. The van der Waals surface area contributed by atoms with Crippen molar-refractivity contribution >= 4 is 28.7 Å². The van der Waals surface area contributed by atoms with Gasteiger partial charge in [-0.05, 0) is 36.3 Å². The second-order valence-corrected chi connectivity index (χ2v) is 7.35. The number of benzene rings is 1. The van der Waals surface area contributed by atoms with Gasteiger partial charge in [0.15, 0.2) is 5.17 Å². The third-order valence-corrected chi connectivity index (χ3v) is 5.67. The molecule has 2 aliphatic rings. The SMILES string of the molecule is c1ccc(CC2CSC(NC3CCSCC3)=N2)cc1. The Morgan fingerprint density at radius 3 is 2.74 bits per heavy atom. The zero-order valence-electron chi connectivity index (χ0n) is 11.0. The van der Waals surface area contributed by atoms with Gasteiger partial charge in [0.05, 0.1) is 6.04 Å². The molecule has 0 saturated carbocycles. The molecule has 102 valence electrons. The lowest BCUT2D eigenvalue weighted by Gasteiger charge is -2.22. The molecule has 1 unspecified atom stereocenters. The zero-order valence-corrected chi connectivity index (χ0v) is 12.7. The second-order valence-electron chi connectivity index (χ2n) is 5.12. The highest BCUT2D eigenvalue weighted by Gasteiger charge is 2.21. The lowest BCUT2D eigenvalue weighted by atomic mass is 10.1. The smallest absolute Gasteiger partial charge is 0.157 e. The van der Waals surface area contributed by atoms with Gasteiger partial charge in [-0.25, -0.2) is 0 Å². The molecule has 19 heavy (non-hydrogen) atoms. The molecule has 0 bridgehead atoms. The molecule has 0 aliphatic carbocycles. The maximum absolute atomic E-state index is 4.84. The van der Waals surface area contributed by atoms with Gasteiger partial charge >= 0.3 is 0 Å². The fraction of sp³-hybridized carbons (Fsp3) is 0.533. The van der Waals surface area contributed by atoms with E-state index in [1.807, 2.05) is 11.8 Å². The summed E-state index contributed by atoms with van der Waals surface area (Å²) in [5, 5.41) is 4.81. The van der Waals surface area contributed by atoms with Gasteiger partial charge in [0.25, 0.3) is 0 Å². The van der Waals surface area contributed by atoms with Crippen molar-refractivity contribution in [3.8, 4) is 0 Å². The molecule has 2 aliphatic heterocycles. The lowest BCUT2D eigenvalue weighted by Crippen LogP contribution is -2.35. The van der Waals surface area contributed by atoms with Crippen LogP contribution in [0.2, 0.25) is 0 Å². The van der Waals surface area contributed by atoms with Crippen LogP contribution in [-0.4, -0.2) is 34.5 Å². The summed E-state index contributed by atoms with van der Waals surface area (Å²) in [4.78, 5) is 4.84. The van der Waals surface area contributed by atoms with Crippen molar-refractivity contribution in [1.82, 2.24) is 5.32 Å². The van der Waals surface area contributed by atoms with Gasteiger partial charge in [-0.15, -0.1) is 0 Å². The maximum atomic E-state index is 4.84. The Balaban J connectivity index is 1.52. The molecule has 1 fully saturated rings. The van der Waals surface area contributed by atoms with E-state index in [9.17, 15) is 0 Å². The monoisotopic (exact) mass is 292 g/mol. The zero-order chi connectivity index (χ0) is 12.9. The Kier molecular flexibility index (Phi) is 4.72. The molecule has 1 saturated heterocycles. The first kappa shape index (κ1) is 13.4. The van der Waals surface area contributed by atoms with Crippen molar-refractivity contribution < 1.29 is 0 Å². The van der Waals surface area contributed by atoms with Crippen molar-refractivity contribution in [3.05, 3.63) is 35.9 Å². The van der Waals surface area contributed by atoms with Crippen LogP contribution in [0.1, 0.15) is 18.4 Å². The molecule has 4 heteroatoms. The number of hydrogen-bond donors (Lipinski definition) is 1. The first-order valence-electron chi connectivity index (χ1n) is 6.99. The van der Waals surface area contributed by atoms with Crippen LogP contribution < -0.4 is 5.32 Å². The summed E-state index contributed by atoms with van der Waals surface area (Å²) in [7, 11) is 0. The Bertz CT molecular complexity index is 427. The van der Waals surface area contributed by atoms with Crippen molar-refractivity contribution in [2.45, 2.75) is 31.3 Å². The van der Waals surface area contributed by atoms with E-state index in [0.717, 1.165) is 12.2 Å². The quantitative estimate of drug-likeness (QED) is 0.926. The van der Waals surface area contributed by atoms with Crippen LogP contribution >= 0.6 is 23.5 Å². The Morgan fingerprint density at radius 2 is 1.95 bits per heavy atom. The van der Waals surface area contributed by atoms with Crippen LogP contribution in [0.3, 0.4) is 0 Å². The largest absolute Gasteiger partial charge is 0.362 e. The fourth-order valence-corrected chi connectivity index (χ4v) is 4.62. The number of rotatable bonds is 3. The van der Waals surface area contributed by atoms with Gasteiger partial charge in [-0.1, -0.05) is 42.1 Å². The molecule has 1 aromatic rings. The van der Waals surface area contributed by atoms with E-state index in [0.29, 0.717) is 12.1 Å². The van der Waals surface area contributed by atoms with Crippen LogP contribution in [0.4, 0.5) is 0 Å². The minimum atomic E-state index is 0.452. The molecular weight excluding hydrogens is 272 g/mol. The average Bonchev–Trinajstić information content (AvgIpc) is 2.88. The number of amidine groups is 1. The van der Waals surface area contributed by atoms with Gasteiger partial charge in [0, 0.05) is 11.8 Å². The van der Waals surface area contributed by atoms with Gasteiger partial charge in [-0.3, -0.25) is 4.99 Å². The van der Waals surface area contributed by atoms with Crippen LogP contribution in [-0.2, 0) is 6.42 Å². The highest BCUT2D eigenvalue weighted by Crippen LogP contribution is 2.23. The first-order valence-corrected chi connectivity index (χ1v) is 9.13. The van der Waals surface area contributed by atoms with Crippen molar-refractivity contribution in [2.75, 3.05) is 17.3 Å². The number of nitrogens with zero attached hydrogens (tertiary/aromatic N) is 1. The molecule has 0 amide bonds. The third kappa shape index (κ3) is 3.93. The van der Waals surface area contributed by atoms with E-state index in [1.165, 1.54) is 35.1 Å². The summed E-state index contributed by atoms with van der Waals surface area (Å²) in [5.74, 6) is 3.71. The van der Waals surface area contributed by atoms with E-state index >= 15 is 0 Å². The molecular formula is C15H20N2S2. The number of aliphatic imine (C=N–C) groups is 1. The van der Waals surface area contributed by atoms with E-state index in [1.54, 1.807) is 0 Å². The summed E-state index contributed by atoms with van der Waals surface area (Å²) in [5.41, 5.74) is 1.40. The number of hydrogen-bond acceptors (Lipinski definition) is 4. The van der Waals surface area contributed by atoms with Crippen molar-refractivity contribution in [1.29, 1.82) is 0 Å². The van der Waals surface area contributed by atoms with E-state index in [2.05, 4.69) is 47.4 Å². The number of thioether (sulfide) groups is 2. The minimum absolute atomic E-state index is 0.452. The molecule has 1 N–H and O–H groups in total. The predicted octanol–water partition coefficient (Wildman–Crippen LogP) is 3.19. The summed E-state index contributed by atoms with van der Waals surface area (Å²) in [6, 6.07) is 11.8. The molecule has 0 radical (unpaired) electrons. The van der Waals surface area contributed by atoms with Gasteiger partial charge in [-0.2, -0.15) is 11.8 Å². The van der Waals surface area contributed by atoms with Crippen molar-refractivity contribution in [2.24, 2.45) is 4.99 Å². The summed E-state index contributed by atoms with van der Waals surface area (Å²) >= 11 is 3.97. The molecule has 3 rings (SSSR count). The van der Waals surface area contributed by atoms with Crippen LogP contribution in [0.25, 0.3) is 0 Å². The molecule has 1 aromatic carbocycles. The average molecular weight is 292 g/mol. The van der Waals surface area contributed by atoms with E-state index in [4.69, 9.17) is 4.99 Å². The van der Waals surface area contributed by atoms with Gasteiger partial charge in [0.1, 0.15) is 0 Å². The molecule has 2 heterocycles. The molecule has 0 aromatic heterocycles. The Morgan fingerprint density at radius 1 is 1.16 bits per heavy atom. The molecule has 1 atom stereocenters. The predicted molar refractivity (Wildman–Crippen MR) is 87.3 cm³/mol.